The van der Waals surface area contributed by atoms with Crippen molar-refractivity contribution in [2.75, 3.05) is 28.3 Å². The van der Waals surface area contributed by atoms with E-state index in [9.17, 15) is 9.59 Å². The molecule has 0 heterocycles. The average molecular weight is 308 g/mol. The van der Waals surface area contributed by atoms with Crippen molar-refractivity contribution in [3.8, 4) is 11.5 Å². The lowest BCUT2D eigenvalue weighted by Gasteiger charge is -2.21. The molecular weight excluding hydrogens is 284 g/mol. The highest BCUT2D eigenvalue weighted by molar-refractivity contribution is 5.73. The van der Waals surface area contributed by atoms with Crippen LogP contribution in [0.25, 0.3) is 0 Å². The Bertz CT molecular complexity index is 512. The second kappa shape index (κ2) is 7.68. The van der Waals surface area contributed by atoms with E-state index >= 15 is 0 Å². The summed E-state index contributed by atoms with van der Waals surface area (Å²) in [5.41, 5.74) is 1.74. The SMILES string of the molecule is COc1cc(OC)c(CN(C)C(C)=O)cc1CN(C)C(C)=O. The van der Waals surface area contributed by atoms with E-state index in [2.05, 4.69) is 0 Å². The molecule has 0 N–H and O–H groups in total. The van der Waals surface area contributed by atoms with Gasteiger partial charge in [0.05, 0.1) is 14.2 Å². The van der Waals surface area contributed by atoms with Gasteiger partial charge in [-0.15, -0.1) is 0 Å². The number of hydrogen-bond donors (Lipinski definition) is 0. The molecule has 0 atom stereocenters. The molecule has 0 spiro atoms. The van der Waals surface area contributed by atoms with E-state index < -0.39 is 0 Å². The first-order chi connectivity index (χ1) is 10.3. The number of rotatable bonds is 6. The molecule has 0 aliphatic carbocycles. The first kappa shape index (κ1) is 17.8. The summed E-state index contributed by atoms with van der Waals surface area (Å²) in [6.07, 6.45) is 0. The molecule has 1 aromatic carbocycles. The summed E-state index contributed by atoms with van der Waals surface area (Å²) in [5, 5.41) is 0. The van der Waals surface area contributed by atoms with Crippen LogP contribution in [0.1, 0.15) is 25.0 Å². The van der Waals surface area contributed by atoms with Crippen molar-refractivity contribution in [1.29, 1.82) is 0 Å². The standard InChI is InChI=1S/C16H24N2O4/c1-11(19)17(3)9-13-7-14(10-18(4)12(2)20)16(22-6)8-15(13)21-5/h7-8H,9-10H2,1-6H3. The van der Waals surface area contributed by atoms with Crippen LogP contribution in [-0.2, 0) is 22.7 Å². The second-order valence-corrected chi connectivity index (χ2v) is 5.23. The molecule has 6 heteroatoms. The van der Waals surface area contributed by atoms with Crippen molar-refractivity contribution in [3.05, 3.63) is 23.3 Å². The molecule has 1 rings (SSSR count). The zero-order chi connectivity index (χ0) is 16.9. The van der Waals surface area contributed by atoms with Crippen molar-refractivity contribution >= 4 is 11.8 Å². The summed E-state index contributed by atoms with van der Waals surface area (Å²) in [6, 6.07) is 3.70. The Hall–Kier alpha value is -2.24. The van der Waals surface area contributed by atoms with Gasteiger partial charge in [-0.1, -0.05) is 0 Å². The lowest BCUT2D eigenvalue weighted by atomic mass is 10.1. The van der Waals surface area contributed by atoms with E-state index in [-0.39, 0.29) is 11.8 Å². The monoisotopic (exact) mass is 308 g/mol. The fourth-order valence-electron chi connectivity index (χ4n) is 2.02. The van der Waals surface area contributed by atoms with Gasteiger partial charge in [0.15, 0.2) is 0 Å². The van der Waals surface area contributed by atoms with Crippen LogP contribution in [0.4, 0.5) is 0 Å². The van der Waals surface area contributed by atoms with Gasteiger partial charge in [0, 0.05) is 58.2 Å². The molecule has 1 aromatic rings. The number of methoxy groups -OCH3 is 2. The number of hydrogen-bond acceptors (Lipinski definition) is 4. The summed E-state index contributed by atoms with van der Waals surface area (Å²) in [6.45, 7) is 3.89. The lowest BCUT2D eigenvalue weighted by Crippen LogP contribution is -2.25. The molecule has 0 bridgehead atoms. The van der Waals surface area contributed by atoms with Crippen LogP contribution in [0, 0.1) is 0 Å². The largest absolute Gasteiger partial charge is 0.496 e. The van der Waals surface area contributed by atoms with E-state index in [0.717, 1.165) is 11.1 Å². The zero-order valence-electron chi connectivity index (χ0n) is 14.1. The highest BCUT2D eigenvalue weighted by Crippen LogP contribution is 2.30. The Kier molecular flexibility index (Phi) is 6.22. The summed E-state index contributed by atoms with van der Waals surface area (Å²) >= 11 is 0. The number of carbonyl (C=O) groups excluding carboxylic acids is 2. The van der Waals surface area contributed by atoms with E-state index in [1.165, 1.54) is 13.8 Å². The van der Waals surface area contributed by atoms with Gasteiger partial charge < -0.3 is 19.3 Å². The molecule has 0 unspecified atom stereocenters. The van der Waals surface area contributed by atoms with Crippen molar-refractivity contribution in [2.45, 2.75) is 26.9 Å². The second-order valence-electron chi connectivity index (χ2n) is 5.23. The van der Waals surface area contributed by atoms with E-state index in [0.29, 0.717) is 24.6 Å². The summed E-state index contributed by atoms with van der Waals surface area (Å²) in [5.74, 6) is 1.25. The van der Waals surface area contributed by atoms with Crippen LogP contribution in [0.15, 0.2) is 12.1 Å². The van der Waals surface area contributed by atoms with Crippen molar-refractivity contribution in [3.63, 3.8) is 0 Å². The van der Waals surface area contributed by atoms with Gasteiger partial charge >= 0.3 is 0 Å². The molecule has 0 fully saturated rings. The molecule has 0 saturated heterocycles. The summed E-state index contributed by atoms with van der Waals surface area (Å²) in [7, 11) is 6.61. The third-order valence-corrected chi connectivity index (χ3v) is 3.57. The predicted octanol–water partition coefficient (Wildman–Crippen LogP) is 1.66. The first-order valence-electron chi connectivity index (χ1n) is 6.97. The average Bonchev–Trinajstić information content (AvgIpc) is 2.47. The maximum Gasteiger partial charge on any atom is 0.219 e. The number of benzene rings is 1. The Labute approximate surface area is 131 Å². The highest BCUT2D eigenvalue weighted by atomic mass is 16.5. The van der Waals surface area contributed by atoms with Crippen molar-refractivity contribution in [2.24, 2.45) is 0 Å². The Morgan fingerprint density at radius 3 is 1.50 bits per heavy atom. The maximum absolute atomic E-state index is 11.4. The van der Waals surface area contributed by atoms with Crippen molar-refractivity contribution < 1.29 is 19.1 Å². The normalized spacial score (nSPS) is 10.1. The van der Waals surface area contributed by atoms with Crippen LogP contribution in [-0.4, -0.2) is 49.9 Å². The van der Waals surface area contributed by atoms with Gasteiger partial charge in [-0.2, -0.15) is 0 Å². The highest BCUT2D eigenvalue weighted by Gasteiger charge is 2.15. The number of carbonyl (C=O) groups is 2. The fraction of sp³-hybridized carbons (Fsp3) is 0.500. The molecule has 0 saturated carbocycles. The Balaban J connectivity index is 3.20. The van der Waals surface area contributed by atoms with Gasteiger partial charge in [0.2, 0.25) is 11.8 Å². The molecule has 0 aliphatic rings. The fourth-order valence-corrected chi connectivity index (χ4v) is 2.02. The first-order valence-corrected chi connectivity index (χ1v) is 6.97. The van der Waals surface area contributed by atoms with Crippen LogP contribution in [0.5, 0.6) is 11.5 Å². The van der Waals surface area contributed by atoms with Gasteiger partial charge in [-0.25, -0.2) is 0 Å². The molecular formula is C16H24N2O4. The molecule has 0 radical (unpaired) electrons. The molecule has 22 heavy (non-hydrogen) atoms. The predicted molar refractivity (Wildman–Crippen MR) is 83.8 cm³/mol. The molecule has 6 nitrogen and oxygen atoms in total. The minimum atomic E-state index is -0.0275. The molecule has 2 amide bonds. The molecule has 0 aliphatic heterocycles. The van der Waals surface area contributed by atoms with E-state index in [1.807, 2.05) is 6.07 Å². The topological polar surface area (TPSA) is 59.1 Å². The van der Waals surface area contributed by atoms with Gasteiger partial charge in [0.25, 0.3) is 0 Å². The van der Waals surface area contributed by atoms with Gasteiger partial charge in [-0.3, -0.25) is 9.59 Å². The summed E-state index contributed by atoms with van der Waals surface area (Å²) < 4.78 is 10.8. The minimum absolute atomic E-state index is 0.0275. The molecule has 122 valence electrons. The Morgan fingerprint density at radius 1 is 0.864 bits per heavy atom. The van der Waals surface area contributed by atoms with Crippen LogP contribution in [0.3, 0.4) is 0 Å². The quantitative estimate of drug-likeness (QED) is 0.802. The molecule has 0 aromatic heterocycles. The third kappa shape index (κ3) is 4.38. The smallest absolute Gasteiger partial charge is 0.219 e. The summed E-state index contributed by atoms with van der Waals surface area (Å²) in [4.78, 5) is 26.1. The van der Waals surface area contributed by atoms with Gasteiger partial charge in [0.1, 0.15) is 11.5 Å². The van der Waals surface area contributed by atoms with E-state index in [4.69, 9.17) is 9.47 Å². The van der Waals surface area contributed by atoms with E-state index in [1.54, 1.807) is 44.2 Å². The minimum Gasteiger partial charge on any atom is -0.496 e. The maximum atomic E-state index is 11.4. The Morgan fingerprint density at radius 2 is 1.23 bits per heavy atom. The number of nitrogens with zero attached hydrogens (tertiary/aromatic N) is 2. The van der Waals surface area contributed by atoms with Crippen molar-refractivity contribution in [1.82, 2.24) is 9.80 Å². The van der Waals surface area contributed by atoms with Crippen LogP contribution < -0.4 is 9.47 Å². The zero-order valence-corrected chi connectivity index (χ0v) is 14.1. The number of ether oxygens (including phenoxy) is 2. The van der Waals surface area contributed by atoms with Crippen LogP contribution >= 0.6 is 0 Å². The third-order valence-electron chi connectivity index (χ3n) is 3.57. The van der Waals surface area contributed by atoms with Crippen LogP contribution in [0.2, 0.25) is 0 Å². The van der Waals surface area contributed by atoms with Gasteiger partial charge in [-0.05, 0) is 6.07 Å². The lowest BCUT2D eigenvalue weighted by molar-refractivity contribution is -0.128. The number of amides is 2.